The van der Waals surface area contributed by atoms with Crippen LogP contribution in [0.1, 0.15) is 31.3 Å². The van der Waals surface area contributed by atoms with Gasteiger partial charge in [-0.1, -0.05) is 18.2 Å². The molecule has 0 aliphatic rings. The van der Waals surface area contributed by atoms with Crippen LogP contribution in [0.5, 0.6) is 5.88 Å². The molecule has 0 radical (unpaired) electrons. The average Bonchev–Trinajstić information content (AvgIpc) is 2.84. The van der Waals surface area contributed by atoms with Crippen LogP contribution in [-0.2, 0) is 0 Å². The van der Waals surface area contributed by atoms with Gasteiger partial charge in [0, 0.05) is 12.1 Å². The molecule has 0 bridgehead atoms. The molecule has 2 aromatic rings. The van der Waals surface area contributed by atoms with Crippen LogP contribution in [0.2, 0.25) is 0 Å². The molecule has 20 heavy (non-hydrogen) atoms. The van der Waals surface area contributed by atoms with E-state index in [0.29, 0.717) is 18.2 Å². The van der Waals surface area contributed by atoms with Crippen LogP contribution >= 0.6 is 0 Å². The van der Waals surface area contributed by atoms with Crippen LogP contribution in [0.15, 0.2) is 36.4 Å². The molecule has 1 aromatic carbocycles. The number of hydrogen-bond acceptors (Lipinski definition) is 3. The summed E-state index contributed by atoms with van der Waals surface area (Å²) in [6.07, 6.45) is 0. The van der Waals surface area contributed by atoms with Gasteiger partial charge in [0.1, 0.15) is 0 Å². The summed E-state index contributed by atoms with van der Waals surface area (Å²) in [5.41, 5.74) is 1.21. The van der Waals surface area contributed by atoms with Gasteiger partial charge in [0.05, 0.1) is 12.3 Å². The monoisotopic (exact) mass is 273 g/mol. The number of carbonyl (C=O) groups is 1. The predicted octanol–water partition coefficient (Wildman–Crippen LogP) is 2.41. The number of aromatic nitrogens is 2. The highest BCUT2D eigenvalue weighted by Crippen LogP contribution is 2.19. The Morgan fingerprint density at radius 2 is 2.05 bits per heavy atom. The van der Waals surface area contributed by atoms with E-state index in [2.05, 4.69) is 10.4 Å². The fourth-order valence-corrected chi connectivity index (χ4v) is 1.82. The first-order valence-electron chi connectivity index (χ1n) is 6.71. The first-order chi connectivity index (χ1) is 9.61. The van der Waals surface area contributed by atoms with E-state index in [1.165, 1.54) is 0 Å². The molecule has 0 aliphatic carbocycles. The molecular weight excluding hydrogens is 254 g/mol. The van der Waals surface area contributed by atoms with Crippen molar-refractivity contribution in [2.75, 3.05) is 6.61 Å². The summed E-state index contributed by atoms with van der Waals surface area (Å²) in [6, 6.07) is 11.3. The van der Waals surface area contributed by atoms with E-state index >= 15 is 0 Å². The van der Waals surface area contributed by atoms with E-state index in [9.17, 15) is 4.79 Å². The molecule has 2 rings (SSSR count). The van der Waals surface area contributed by atoms with E-state index in [1.54, 1.807) is 10.7 Å². The lowest BCUT2D eigenvalue weighted by Gasteiger charge is -2.06. The molecule has 1 N–H and O–H groups in total. The standard InChI is InChI=1S/C15H19N3O2/c1-4-20-14-10-13(15(19)16-11(2)3)17-18(14)12-8-6-5-7-9-12/h5-11H,4H2,1-3H3,(H,16,19). The molecule has 1 aromatic heterocycles. The van der Waals surface area contributed by atoms with Crippen LogP contribution in [0.4, 0.5) is 0 Å². The number of nitrogens with zero attached hydrogens (tertiary/aromatic N) is 2. The highest BCUT2D eigenvalue weighted by atomic mass is 16.5. The Kier molecular flexibility index (Phi) is 4.40. The molecule has 0 unspecified atom stereocenters. The number of nitrogens with one attached hydrogen (secondary N) is 1. The SMILES string of the molecule is CCOc1cc(C(=O)NC(C)C)nn1-c1ccccc1. The van der Waals surface area contributed by atoms with Crippen molar-refractivity contribution < 1.29 is 9.53 Å². The minimum absolute atomic E-state index is 0.0694. The van der Waals surface area contributed by atoms with Gasteiger partial charge < -0.3 is 10.1 Å². The quantitative estimate of drug-likeness (QED) is 0.910. The molecule has 1 amide bonds. The number of ether oxygens (including phenoxy) is 1. The van der Waals surface area contributed by atoms with Crippen molar-refractivity contribution in [2.45, 2.75) is 26.8 Å². The van der Waals surface area contributed by atoms with Crippen LogP contribution in [0, 0.1) is 0 Å². The Labute approximate surface area is 118 Å². The second-order valence-corrected chi connectivity index (χ2v) is 4.68. The number of benzene rings is 1. The Morgan fingerprint density at radius 1 is 1.35 bits per heavy atom. The summed E-state index contributed by atoms with van der Waals surface area (Å²) in [7, 11) is 0. The minimum Gasteiger partial charge on any atom is -0.478 e. The van der Waals surface area contributed by atoms with Gasteiger partial charge in [0.2, 0.25) is 5.88 Å². The van der Waals surface area contributed by atoms with Gasteiger partial charge in [-0.05, 0) is 32.9 Å². The van der Waals surface area contributed by atoms with E-state index in [1.807, 2.05) is 51.1 Å². The molecule has 0 saturated heterocycles. The summed E-state index contributed by atoms with van der Waals surface area (Å²) in [6.45, 7) is 6.24. The third-order valence-electron chi connectivity index (χ3n) is 2.62. The van der Waals surface area contributed by atoms with Gasteiger partial charge >= 0.3 is 0 Å². The Balaban J connectivity index is 2.36. The number of rotatable bonds is 5. The van der Waals surface area contributed by atoms with E-state index in [0.717, 1.165) is 5.69 Å². The molecular formula is C15H19N3O2. The summed E-state index contributed by atoms with van der Waals surface area (Å²) < 4.78 is 7.19. The van der Waals surface area contributed by atoms with Gasteiger partial charge in [-0.25, -0.2) is 4.68 Å². The highest BCUT2D eigenvalue weighted by Gasteiger charge is 2.16. The van der Waals surface area contributed by atoms with Gasteiger partial charge in [-0.3, -0.25) is 4.79 Å². The summed E-state index contributed by atoms with van der Waals surface area (Å²) in [5, 5.41) is 7.15. The third kappa shape index (κ3) is 3.17. The van der Waals surface area contributed by atoms with Crippen molar-refractivity contribution in [1.82, 2.24) is 15.1 Å². The van der Waals surface area contributed by atoms with Gasteiger partial charge in [0.15, 0.2) is 5.69 Å². The summed E-state index contributed by atoms with van der Waals surface area (Å²) >= 11 is 0. The van der Waals surface area contributed by atoms with Gasteiger partial charge in [-0.2, -0.15) is 5.10 Å². The topological polar surface area (TPSA) is 56.1 Å². The predicted molar refractivity (Wildman–Crippen MR) is 77.3 cm³/mol. The number of para-hydroxylation sites is 1. The first kappa shape index (κ1) is 14.1. The maximum absolute atomic E-state index is 12.0. The van der Waals surface area contributed by atoms with Crippen molar-refractivity contribution in [3.8, 4) is 11.6 Å². The fraction of sp³-hybridized carbons (Fsp3) is 0.333. The second kappa shape index (κ2) is 6.23. The first-order valence-corrected chi connectivity index (χ1v) is 6.71. The van der Waals surface area contributed by atoms with Crippen molar-refractivity contribution in [1.29, 1.82) is 0 Å². The zero-order chi connectivity index (χ0) is 14.5. The van der Waals surface area contributed by atoms with Crippen LogP contribution in [0.25, 0.3) is 5.69 Å². The minimum atomic E-state index is -0.198. The normalized spacial score (nSPS) is 10.6. The lowest BCUT2D eigenvalue weighted by molar-refractivity contribution is 0.0937. The molecule has 0 fully saturated rings. The maximum Gasteiger partial charge on any atom is 0.272 e. The maximum atomic E-state index is 12.0. The third-order valence-corrected chi connectivity index (χ3v) is 2.62. The van der Waals surface area contributed by atoms with Crippen molar-refractivity contribution >= 4 is 5.91 Å². The Bertz CT molecular complexity index is 576. The summed E-state index contributed by atoms with van der Waals surface area (Å²) in [4.78, 5) is 12.0. The van der Waals surface area contributed by atoms with Crippen LogP contribution in [-0.4, -0.2) is 28.3 Å². The lowest BCUT2D eigenvalue weighted by Crippen LogP contribution is -2.30. The molecule has 1 heterocycles. The molecule has 5 heteroatoms. The van der Waals surface area contributed by atoms with Crippen molar-refractivity contribution in [3.63, 3.8) is 0 Å². The Hall–Kier alpha value is -2.30. The smallest absolute Gasteiger partial charge is 0.272 e. The van der Waals surface area contributed by atoms with Crippen LogP contribution < -0.4 is 10.1 Å². The Morgan fingerprint density at radius 3 is 2.65 bits per heavy atom. The number of carbonyl (C=O) groups excluding carboxylic acids is 1. The van der Waals surface area contributed by atoms with Gasteiger partial charge in [-0.15, -0.1) is 0 Å². The van der Waals surface area contributed by atoms with E-state index < -0.39 is 0 Å². The average molecular weight is 273 g/mol. The lowest BCUT2D eigenvalue weighted by atomic mass is 10.3. The second-order valence-electron chi connectivity index (χ2n) is 4.68. The molecule has 0 saturated carbocycles. The van der Waals surface area contributed by atoms with E-state index in [-0.39, 0.29) is 11.9 Å². The number of amides is 1. The van der Waals surface area contributed by atoms with Crippen molar-refractivity contribution in [3.05, 3.63) is 42.1 Å². The number of hydrogen-bond donors (Lipinski definition) is 1. The van der Waals surface area contributed by atoms with Gasteiger partial charge in [0.25, 0.3) is 5.91 Å². The molecule has 5 nitrogen and oxygen atoms in total. The molecule has 0 spiro atoms. The van der Waals surface area contributed by atoms with E-state index in [4.69, 9.17) is 4.74 Å². The molecule has 106 valence electrons. The van der Waals surface area contributed by atoms with Crippen LogP contribution in [0.3, 0.4) is 0 Å². The largest absolute Gasteiger partial charge is 0.478 e. The molecule has 0 atom stereocenters. The fourth-order valence-electron chi connectivity index (χ4n) is 1.82. The zero-order valence-electron chi connectivity index (χ0n) is 12.0. The highest BCUT2D eigenvalue weighted by molar-refractivity contribution is 5.92. The van der Waals surface area contributed by atoms with Crippen molar-refractivity contribution in [2.24, 2.45) is 0 Å². The zero-order valence-corrected chi connectivity index (χ0v) is 12.0. The molecule has 0 aliphatic heterocycles. The summed E-state index contributed by atoms with van der Waals surface area (Å²) in [5.74, 6) is 0.364.